The van der Waals surface area contributed by atoms with Gasteiger partial charge in [-0.25, -0.2) is 9.78 Å². The third kappa shape index (κ3) is 5.77. The van der Waals surface area contributed by atoms with Crippen molar-refractivity contribution in [3.8, 4) is 0 Å². The van der Waals surface area contributed by atoms with Gasteiger partial charge in [-0.3, -0.25) is 5.14 Å². The maximum absolute atomic E-state index is 12.7. The number of amides is 1. The molecule has 3 N–H and O–H groups in total. The number of nitrogens with one attached hydrogen (secondary N) is 1. The summed E-state index contributed by atoms with van der Waals surface area (Å²) in [5.41, 5.74) is -0.631. The van der Waals surface area contributed by atoms with Crippen molar-refractivity contribution in [1.82, 2.24) is 9.88 Å². The van der Waals surface area contributed by atoms with E-state index in [0.717, 1.165) is 55.0 Å². The molecule has 0 aromatic carbocycles. The normalized spacial score (nSPS) is 19.5. The van der Waals surface area contributed by atoms with Crippen LogP contribution in [0.4, 0.5) is 10.6 Å². The number of nitrogens with zero attached hydrogens (tertiary/aromatic N) is 2. The van der Waals surface area contributed by atoms with Gasteiger partial charge in [0.1, 0.15) is 16.4 Å². The monoisotopic (exact) mass is 380 g/mol. The van der Waals surface area contributed by atoms with E-state index in [-0.39, 0.29) is 17.7 Å². The molecule has 2 heterocycles. The highest BCUT2D eigenvalue weighted by atomic mass is 32.2. The molecule has 0 saturated carbocycles. The summed E-state index contributed by atoms with van der Waals surface area (Å²) in [6.07, 6.45) is 3.72. The van der Waals surface area contributed by atoms with Crippen molar-refractivity contribution in [2.24, 2.45) is 5.14 Å². The third-order valence-corrected chi connectivity index (χ3v) is 5.03. The Bertz CT molecular complexity index is 616. The number of ether oxygens (including phenoxy) is 1. The first kappa shape index (κ1) is 20.8. The molecule has 0 bridgehead atoms. The fourth-order valence-corrected chi connectivity index (χ4v) is 3.69. The molecule has 26 heavy (non-hydrogen) atoms. The first-order valence-electron chi connectivity index (χ1n) is 9.22. The Morgan fingerprint density at radius 2 is 2.19 bits per heavy atom. The minimum atomic E-state index is -0.473. The van der Waals surface area contributed by atoms with Crippen molar-refractivity contribution in [3.05, 3.63) is 18.2 Å². The van der Waals surface area contributed by atoms with Crippen LogP contribution in [0.2, 0.25) is 0 Å². The highest BCUT2D eigenvalue weighted by Gasteiger charge is 2.43. The highest BCUT2D eigenvalue weighted by molar-refractivity contribution is 7.97. The molecule has 7 heteroatoms. The van der Waals surface area contributed by atoms with Gasteiger partial charge in [0.25, 0.3) is 0 Å². The van der Waals surface area contributed by atoms with E-state index in [0.29, 0.717) is 0 Å². The van der Waals surface area contributed by atoms with E-state index in [9.17, 15) is 4.79 Å². The number of rotatable bonds is 6. The average Bonchev–Trinajstić information content (AvgIpc) is 2.85. The molecular weight excluding hydrogens is 348 g/mol. The summed E-state index contributed by atoms with van der Waals surface area (Å²) in [5, 5.41) is 9.67. The molecule has 1 aromatic heterocycles. The van der Waals surface area contributed by atoms with Crippen molar-refractivity contribution in [1.29, 1.82) is 0 Å². The lowest BCUT2D eigenvalue weighted by Gasteiger charge is -2.37. The third-order valence-electron chi connectivity index (χ3n) is 4.56. The maximum Gasteiger partial charge on any atom is 0.410 e. The summed E-state index contributed by atoms with van der Waals surface area (Å²) in [4.78, 5) is 19.0. The molecule has 1 unspecified atom stereocenters. The van der Waals surface area contributed by atoms with E-state index in [4.69, 9.17) is 9.88 Å². The minimum absolute atomic E-state index is 0.158. The van der Waals surface area contributed by atoms with Gasteiger partial charge in [-0.15, -0.1) is 0 Å². The van der Waals surface area contributed by atoms with Gasteiger partial charge < -0.3 is 15.0 Å². The van der Waals surface area contributed by atoms with Crippen LogP contribution >= 0.6 is 11.9 Å². The number of nitrogens with two attached hydrogens (primary N) is 1. The molecule has 146 valence electrons. The van der Waals surface area contributed by atoms with Gasteiger partial charge in [-0.05, 0) is 84.4 Å². The van der Waals surface area contributed by atoms with Crippen LogP contribution in [-0.4, -0.2) is 39.7 Å². The molecule has 0 aliphatic carbocycles. The SMILES string of the molecule is CC(C)(C)OC(=O)N1C(CCCNc2cccc(SN)n2)CCC1(C)C. The van der Waals surface area contributed by atoms with E-state index in [2.05, 4.69) is 24.1 Å². The number of hydrogen-bond acceptors (Lipinski definition) is 6. The van der Waals surface area contributed by atoms with Gasteiger partial charge in [0.2, 0.25) is 0 Å². The molecular formula is C19H32N4O2S. The predicted octanol–water partition coefficient (Wildman–Crippen LogP) is 4.42. The summed E-state index contributed by atoms with van der Waals surface area (Å²) in [6.45, 7) is 10.8. The zero-order valence-corrected chi connectivity index (χ0v) is 17.4. The Hall–Kier alpha value is -1.47. The molecule has 1 amide bonds. The second-order valence-corrected chi connectivity index (χ2v) is 9.06. The largest absolute Gasteiger partial charge is 0.444 e. The summed E-state index contributed by atoms with van der Waals surface area (Å²) in [6, 6.07) is 5.98. The van der Waals surface area contributed by atoms with E-state index < -0.39 is 5.60 Å². The van der Waals surface area contributed by atoms with Gasteiger partial charge >= 0.3 is 6.09 Å². The van der Waals surface area contributed by atoms with Crippen LogP contribution < -0.4 is 10.5 Å². The standard InChI is InChI=1S/C19H32N4O2S/c1-18(2,3)25-17(24)23-14(11-12-19(23,4)5)8-7-13-21-15-9-6-10-16(22-15)26-20/h6,9-10,14H,7-8,11-13,20H2,1-5H3,(H,21,22). The number of hydrogen-bond donors (Lipinski definition) is 2. The number of carbonyl (C=O) groups is 1. The minimum Gasteiger partial charge on any atom is -0.444 e. The van der Waals surface area contributed by atoms with Crippen LogP contribution in [-0.2, 0) is 4.74 Å². The van der Waals surface area contributed by atoms with Crippen LogP contribution in [0.3, 0.4) is 0 Å². The van der Waals surface area contributed by atoms with Gasteiger partial charge in [0.05, 0.1) is 0 Å². The molecule has 0 radical (unpaired) electrons. The van der Waals surface area contributed by atoms with E-state index in [1.54, 1.807) is 0 Å². The molecule has 1 saturated heterocycles. The number of pyridine rings is 1. The Balaban J connectivity index is 1.88. The molecule has 1 aliphatic heterocycles. The number of carbonyl (C=O) groups excluding carboxylic acids is 1. The van der Waals surface area contributed by atoms with Gasteiger partial charge in [-0.2, -0.15) is 0 Å². The second-order valence-electron chi connectivity index (χ2n) is 8.40. The average molecular weight is 381 g/mol. The summed E-state index contributed by atoms with van der Waals surface area (Å²) >= 11 is 1.14. The Morgan fingerprint density at radius 3 is 2.85 bits per heavy atom. The van der Waals surface area contributed by atoms with Crippen LogP contribution in [0.25, 0.3) is 0 Å². The zero-order chi connectivity index (χ0) is 19.4. The quantitative estimate of drug-likeness (QED) is 0.562. The van der Waals surface area contributed by atoms with Crippen molar-refractivity contribution in [2.45, 2.75) is 82.5 Å². The molecule has 0 spiro atoms. The van der Waals surface area contributed by atoms with Gasteiger partial charge in [0, 0.05) is 18.1 Å². The topological polar surface area (TPSA) is 80.5 Å². The molecule has 1 aliphatic rings. The highest BCUT2D eigenvalue weighted by Crippen LogP contribution is 2.36. The Morgan fingerprint density at radius 1 is 1.46 bits per heavy atom. The van der Waals surface area contributed by atoms with Gasteiger partial charge in [-0.1, -0.05) is 6.07 Å². The van der Waals surface area contributed by atoms with Crippen molar-refractivity contribution in [3.63, 3.8) is 0 Å². The smallest absolute Gasteiger partial charge is 0.410 e. The van der Waals surface area contributed by atoms with Crippen LogP contribution in [0, 0.1) is 0 Å². The molecule has 2 rings (SSSR count). The molecule has 1 atom stereocenters. The van der Waals surface area contributed by atoms with Gasteiger partial charge in [0.15, 0.2) is 0 Å². The lowest BCUT2D eigenvalue weighted by atomic mass is 10.0. The van der Waals surface area contributed by atoms with E-state index in [1.807, 2.05) is 43.9 Å². The first-order valence-corrected chi connectivity index (χ1v) is 10.1. The summed E-state index contributed by atoms with van der Waals surface area (Å²) < 4.78 is 5.64. The van der Waals surface area contributed by atoms with Crippen molar-refractivity contribution < 1.29 is 9.53 Å². The Labute approximate surface area is 161 Å². The van der Waals surface area contributed by atoms with Crippen LogP contribution in [0.1, 0.15) is 60.3 Å². The second kappa shape index (κ2) is 8.48. The summed E-state index contributed by atoms with van der Waals surface area (Å²) in [7, 11) is 0. The van der Waals surface area contributed by atoms with Crippen molar-refractivity contribution in [2.75, 3.05) is 11.9 Å². The number of likely N-dealkylation sites (tertiary alicyclic amines) is 1. The fourth-order valence-electron chi connectivity index (χ4n) is 3.38. The van der Waals surface area contributed by atoms with Crippen molar-refractivity contribution >= 4 is 23.9 Å². The fraction of sp³-hybridized carbons (Fsp3) is 0.684. The molecule has 6 nitrogen and oxygen atoms in total. The Kier molecular flexibility index (Phi) is 6.80. The zero-order valence-electron chi connectivity index (χ0n) is 16.5. The van der Waals surface area contributed by atoms with E-state index in [1.165, 1.54) is 0 Å². The number of aromatic nitrogens is 1. The van der Waals surface area contributed by atoms with Crippen LogP contribution in [0.15, 0.2) is 23.2 Å². The summed E-state index contributed by atoms with van der Waals surface area (Å²) in [5.74, 6) is 0.830. The first-order chi connectivity index (χ1) is 12.1. The lowest BCUT2D eigenvalue weighted by Crippen LogP contribution is -2.49. The van der Waals surface area contributed by atoms with Crippen LogP contribution in [0.5, 0.6) is 0 Å². The molecule has 1 aromatic rings. The number of anilines is 1. The maximum atomic E-state index is 12.7. The molecule has 1 fully saturated rings. The predicted molar refractivity (Wildman–Crippen MR) is 107 cm³/mol. The lowest BCUT2D eigenvalue weighted by molar-refractivity contribution is 0.00295. The van der Waals surface area contributed by atoms with E-state index >= 15 is 0 Å².